The molecule has 1 aromatic rings. The number of nitrogens with one attached hydrogen (secondary N) is 1. The molecule has 0 aliphatic carbocycles. The number of benzene rings is 1. The third-order valence-corrected chi connectivity index (χ3v) is 5.18. The summed E-state index contributed by atoms with van der Waals surface area (Å²) in [5, 5.41) is 7.72. The molecule has 27 heavy (non-hydrogen) atoms. The van der Waals surface area contributed by atoms with Crippen LogP contribution in [0.3, 0.4) is 0 Å². The van der Waals surface area contributed by atoms with Gasteiger partial charge in [0.15, 0.2) is 11.5 Å². The minimum Gasteiger partial charge on any atom is -0.355 e. The molecule has 0 spiro atoms. The number of ketones is 1. The number of hydrogen-bond donors (Lipinski definition) is 1. The molecule has 3 amide bonds. The molecule has 2 atom stereocenters. The van der Waals surface area contributed by atoms with E-state index < -0.39 is 29.8 Å². The van der Waals surface area contributed by atoms with Crippen LogP contribution in [0.4, 0.5) is 10.1 Å². The lowest BCUT2D eigenvalue weighted by Crippen LogP contribution is -2.50. The second kappa shape index (κ2) is 6.57. The molecule has 3 aliphatic rings. The van der Waals surface area contributed by atoms with Crippen molar-refractivity contribution in [3.8, 4) is 0 Å². The lowest BCUT2D eigenvalue weighted by atomic mass is 9.88. The van der Waals surface area contributed by atoms with Crippen LogP contribution in [0.1, 0.15) is 12.8 Å². The Bertz CT molecular complexity index is 867. The average Bonchev–Trinajstić information content (AvgIpc) is 3.03. The Labute approximate surface area is 154 Å². The molecule has 0 unspecified atom stereocenters. The number of anilines is 1. The number of piperidine rings is 1. The highest BCUT2D eigenvalue weighted by molar-refractivity contribution is 6.67. The van der Waals surface area contributed by atoms with Crippen molar-refractivity contribution in [2.24, 2.45) is 16.9 Å². The first-order chi connectivity index (χ1) is 12.9. The summed E-state index contributed by atoms with van der Waals surface area (Å²) in [6.45, 7) is 1.22. The molecule has 1 aromatic carbocycles. The minimum atomic E-state index is -0.633. The van der Waals surface area contributed by atoms with E-state index in [1.54, 1.807) is 0 Å². The molecule has 140 valence electrons. The number of Topliss-reactive ketones (excluding diaryl/α,β-unsaturated/α-hetero) is 1. The van der Waals surface area contributed by atoms with Gasteiger partial charge in [-0.25, -0.2) is 4.39 Å². The highest BCUT2D eigenvalue weighted by Crippen LogP contribution is 2.28. The number of amides is 3. The number of fused-ring (bicyclic) bond motifs is 1. The molecule has 8 nitrogen and oxygen atoms in total. The van der Waals surface area contributed by atoms with Crippen molar-refractivity contribution >= 4 is 34.9 Å². The van der Waals surface area contributed by atoms with Crippen LogP contribution in [-0.4, -0.2) is 53.8 Å². The van der Waals surface area contributed by atoms with Gasteiger partial charge in [0.25, 0.3) is 11.8 Å². The van der Waals surface area contributed by atoms with Crippen molar-refractivity contribution in [1.82, 2.24) is 10.2 Å². The zero-order valence-corrected chi connectivity index (χ0v) is 14.4. The highest BCUT2D eigenvalue weighted by atomic mass is 19.1. The van der Waals surface area contributed by atoms with Gasteiger partial charge in [0.2, 0.25) is 5.91 Å². The Hall–Kier alpha value is -3.10. The van der Waals surface area contributed by atoms with Crippen LogP contribution in [0.25, 0.3) is 0 Å². The quantitative estimate of drug-likeness (QED) is 0.744. The molecule has 9 heteroatoms. The normalized spacial score (nSPS) is 25.2. The van der Waals surface area contributed by atoms with Crippen LogP contribution < -0.4 is 10.3 Å². The monoisotopic (exact) mass is 372 g/mol. The van der Waals surface area contributed by atoms with Gasteiger partial charge < -0.3 is 10.2 Å². The maximum absolute atomic E-state index is 13.1. The minimum absolute atomic E-state index is 0.00580. The topological polar surface area (TPSA) is 99.2 Å². The fourth-order valence-corrected chi connectivity index (χ4v) is 3.73. The van der Waals surface area contributed by atoms with Gasteiger partial charge >= 0.3 is 0 Å². The van der Waals surface area contributed by atoms with Crippen molar-refractivity contribution in [3.63, 3.8) is 0 Å². The van der Waals surface area contributed by atoms with Gasteiger partial charge in [-0.15, -0.1) is 0 Å². The predicted octanol–water partition coefficient (Wildman–Crippen LogP) is 0.0820. The zero-order chi connectivity index (χ0) is 19.1. The average molecular weight is 372 g/mol. The van der Waals surface area contributed by atoms with Gasteiger partial charge in [-0.3, -0.25) is 19.2 Å². The first-order valence-corrected chi connectivity index (χ1v) is 8.71. The molecule has 1 N–H and O–H groups in total. The van der Waals surface area contributed by atoms with E-state index in [9.17, 15) is 23.6 Å². The Kier molecular flexibility index (Phi) is 4.21. The van der Waals surface area contributed by atoms with Crippen LogP contribution in [0, 0.1) is 17.7 Å². The van der Waals surface area contributed by atoms with Crippen LogP contribution in [-0.2, 0) is 19.2 Å². The Morgan fingerprint density at radius 1 is 1.19 bits per heavy atom. The van der Waals surface area contributed by atoms with Crippen molar-refractivity contribution in [1.29, 1.82) is 0 Å². The van der Waals surface area contributed by atoms with Crippen molar-refractivity contribution in [2.45, 2.75) is 12.8 Å². The molecule has 0 aromatic heterocycles. The van der Waals surface area contributed by atoms with Gasteiger partial charge in [0.05, 0.1) is 12.1 Å². The molecule has 2 saturated heterocycles. The number of rotatable bonds is 2. The molecular formula is C18H17FN4O4. The fraction of sp³-hybridized carbons (Fsp3) is 0.389. The standard InChI is InChI=1S/C18H17FN4O4/c19-11-1-3-12(4-2-11)23-15(25)7-14(24)16(21-23)18(27)22-6-5-13-10(9-22)8-20-17(13)26/h1-4,10,13H,5-9H2,(H,20,26)/t10-,13+/m0/s1. The van der Waals surface area contributed by atoms with Crippen LogP contribution in [0.2, 0.25) is 0 Å². The van der Waals surface area contributed by atoms with Gasteiger partial charge in [0, 0.05) is 31.5 Å². The molecule has 3 aliphatic heterocycles. The second-order valence-corrected chi connectivity index (χ2v) is 6.88. The summed E-state index contributed by atoms with van der Waals surface area (Å²) < 4.78 is 13.1. The van der Waals surface area contributed by atoms with Crippen molar-refractivity contribution in [2.75, 3.05) is 24.6 Å². The zero-order valence-electron chi connectivity index (χ0n) is 14.4. The third kappa shape index (κ3) is 3.09. The SMILES string of the molecule is O=C1CC(=O)N(c2ccc(F)cc2)N=C1C(=O)N1CC[C@H]2C(=O)NC[C@H]2C1. The fourth-order valence-electron chi connectivity index (χ4n) is 3.73. The predicted molar refractivity (Wildman–Crippen MR) is 92.1 cm³/mol. The van der Waals surface area contributed by atoms with E-state index in [0.29, 0.717) is 26.1 Å². The van der Waals surface area contributed by atoms with Gasteiger partial charge in [-0.05, 0) is 30.7 Å². The molecule has 0 saturated carbocycles. The Morgan fingerprint density at radius 2 is 1.93 bits per heavy atom. The summed E-state index contributed by atoms with van der Waals surface area (Å²) in [7, 11) is 0. The Balaban J connectivity index is 1.57. The van der Waals surface area contributed by atoms with E-state index in [0.717, 1.165) is 5.01 Å². The number of hydrogen-bond acceptors (Lipinski definition) is 5. The maximum atomic E-state index is 13.1. The molecule has 4 rings (SSSR count). The number of nitrogens with zero attached hydrogens (tertiary/aromatic N) is 3. The van der Waals surface area contributed by atoms with Gasteiger partial charge in [-0.2, -0.15) is 10.1 Å². The van der Waals surface area contributed by atoms with E-state index in [1.165, 1.54) is 29.2 Å². The van der Waals surface area contributed by atoms with E-state index in [-0.39, 0.29) is 29.1 Å². The maximum Gasteiger partial charge on any atom is 0.278 e. The number of carbonyl (C=O) groups is 4. The number of carbonyl (C=O) groups excluding carboxylic acids is 4. The molecule has 2 fully saturated rings. The largest absolute Gasteiger partial charge is 0.355 e. The summed E-state index contributed by atoms with van der Waals surface area (Å²) >= 11 is 0. The van der Waals surface area contributed by atoms with Crippen LogP contribution >= 0.6 is 0 Å². The van der Waals surface area contributed by atoms with E-state index in [2.05, 4.69) is 10.4 Å². The second-order valence-electron chi connectivity index (χ2n) is 6.88. The third-order valence-electron chi connectivity index (χ3n) is 5.18. The van der Waals surface area contributed by atoms with Gasteiger partial charge in [-0.1, -0.05) is 0 Å². The van der Waals surface area contributed by atoms with Crippen molar-refractivity contribution < 1.29 is 23.6 Å². The first-order valence-electron chi connectivity index (χ1n) is 8.71. The van der Waals surface area contributed by atoms with Gasteiger partial charge in [0.1, 0.15) is 5.82 Å². The smallest absolute Gasteiger partial charge is 0.278 e. The summed E-state index contributed by atoms with van der Waals surface area (Å²) in [6.07, 6.45) is 0.0617. The molecule has 0 radical (unpaired) electrons. The van der Waals surface area contributed by atoms with Crippen molar-refractivity contribution in [3.05, 3.63) is 30.1 Å². The Morgan fingerprint density at radius 3 is 2.67 bits per heavy atom. The lowest BCUT2D eigenvalue weighted by Gasteiger charge is -2.34. The molecule has 0 bridgehead atoms. The van der Waals surface area contributed by atoms with E-state index >= 15 is 0 Å². The lowest BCUT2D eigenvalue weighted by molar-refractivity contribution is -0.131. The van der Waals surface area contributed by atoms with Crippen LogP contribution in [0.15, 0.2) is 29.4 Å². The number of hydrazone groups is 1. The molecular weight excluding hydrogens is 355 g/mol. The molecule has 3 heterocycles. The van der Waals surface area contributed by atoms with Crippen LogP contribution in [0.5, 0.6) is 0 Å². The summed E-state index contributed by atoms with van der Waals surface area (Å²) in [5.41, 5.74) is -0.0295. The summed E-state index contributed by atoms with van der Waals surface area (Å²) in [4.78, 5) is 50.5. The summed E-state index contributed by atoms with van der Waals surface area (Å²) in [5.74, 6) is -2.30. The number of halogens is 1. The van der Waals surface area contributed by atoms with E-state index in [1.807, 2.05) is 0 Å². The van der Waals surface area contributed by atoms with E-state index in [4.69, 9.17) is 0 Å². The highest BCUT2D eigenvalue weighted by Gasteiger charge is 2.42. The summed E-state index contributed by atoms with van der Waals surface area (Å²) in [6, 6.07) is 5.06. The first kappa shape index (κ1) is 17.3. The number of likely N-dealkylation sites (tertiary alicyclic amines) is 1.